The molecule has 0 saturated carbocycles. The number of nitro benzene ring substituents is 1. The number of carbonyl (C=O) groups is 2. The van der Waals surface area contributed by atoms with Gasteiger partial charge in [0, 0.05) is 10.5 Å². The molecule has 1 aromatic carbocycles. The van der Waals surface area contributed by atoms with Crippen molar-refractivity contribution in [2.24, 2.45) is 0 Å². The molecule has 0 aromatic heterocycles. The van der Waals surface area contributed by atoms with E-state index in [0.717, 1.165) is 0 Å². The fourth-order valence-electron chi connectivity index (χ4n) is 1.34. The molecular weight excluding hydrogens is 334 g/mol. The highest BCUT2D eigenvalue weighted by atomic mass is 79.9. The van der Waals surface area contributed by atoms with Crippen LogP contribution < -0.4 is 4.74 Å². The summed E-state index contributed by atoms with van der Waals surface area (Å²) in [5, 5.41) is 10.8. The maximum atomic E-state index is 11.4. The van der Waals surface area contributed by atoms with E-state index in [1.54, 1.807) is 13.0 Å². The van der Waals surface area contributed by atoms with Crippen LogP contribution in [0.1, 0.15) is 13.3 Å². The minimum Gasteiger partial charge on any atom is -0.479 e. The maximum absolute atomic E-state index is 11.4. The minimum atomic E-state index is -0.647. The number of nitro groups is 1. The van der Waals surface area contributed by atoms with Crippen LogP contribution in [-0.2, 0) is 14.3 Å². The molecule has 0 fully saturated rings. The van der Waals surface area contributed by atoms with Gasteiger partial charge in [0.1, 0.15) is 13.0 Å². The second-order valence-corrected chi connectivity index (χ2v) is 4.59. The van der Waals surface area contributed by atoms with Crippen molar-refractivity contribution in [3.05, 3.63) is 32.8 Å². The van der Waals surface area contributed by atoms with Crippen LogP contribution in [0.5, 0.6) is 5.75 Å². The summed E-state index contributed by atoms with van der Waals surface area (Å²) in [6.45, 7) is 1.39. The van der Waals surface area contributed by atoms with Crippen LogP contribution in [0.4, 0.5) is 5.69 Å². The normalized spacial score (nSPS) is 9.90. The van der Waals surface area contributed by atoms with Crippen molar-refractivity contribution in [2.75, 3.05) is 13.2 Å². The number of rotatable bonds is 7. The molecule has 0 N–H and O–H groups in total. The topological polar surface area (TPSA) is 95.7 Å². The molecule has 0 heterocycles. The quantitative estimate of drug-likeness (QED) is 0.325. The Bertz CT molecular complexity index is 531. The molecule has 0 saturated heterocycles. The Hall–Kier alpha value is -1.96. The smallest absolute Gasteiger partial charge is 0.313 e. The van der Waals surface area contributed by atoms with E-state index in [9.17, 15) is 19.7 Å². The third-order valence-electron chi connectivity index (χ3n) is 2.15. The van der Waals surface area contributed by atoms with E-state index < -0.39 is 29.7 Å². The van der Waals surface area contributed by atoms with Gasteiger partial charge in [0.05, 0.1) is 11.5 Å². The van der Waals surface area contributed by atoms with E-state index in [2.05, 4.69) is 20.7 Å². The zero-order valence-corrected chi connectivity index (χ0v) is 12.2. The number of halogens is 1. The van der Waals surface area contributed by atoms with Crippen molar-refractivity contribution < 1.29 is 24.0 Å². The standard InChI is InChI=1S/C12H12BrNO6/c1-2-19-12(16)6-9(15)7-20-11-4-3-8(13)5-10(11)14(17)18/h3-5H,2,6-7H2,1H3. The van der Waals surface area contributed by atoms with E-state index in [1.807, 2.05) is 0 Å². The average molecular weight is 346 g/mol. The summed E-state index contributed by atoms with van der Waals surface area (Å²) in [6.07, 6.45) is -0.418. The predicted octanol–water partition coefficient (Wildman–Crippen LogP) is 2.26. The van der Waals surface area contributed by atoms with Gasteiger partial charge in [-0.15, -0.1) is 0 Å². The Morgan fingerprint density at radius 2 is 2.10 bits per heavy atom. The Morgan fingerprint density at radius 1 is 1.40 bits per heavy atom. The Labute approximate surface area is 123 Å². The second kappa shape index (κ2) is 7.59. The first-order chi connectivity index (χ1) is 9.43. The summed E-state index contributed by atoms with van der Waals surface area (Å²) < 4.78 is 10.2. The molecule has 0 aliphatic heterocycles. The van der Waals surface area contributed by atoms with Gasteiger partial charge in [0.25, 0.3) is 0 Å². The molecule has 20 heavy (non-hydrogen) atoms. The first-order valence-electron chi connectivity index (χ1n) is 5.68. The zero-order valence-electron chi connectivity index (χ0n) is 10.6. The molecular formula is C12H12BrNO6. The van der Waals surface area contributed by atoms with E-state index in [1.165, 1.54) is 12.1 Å². The fraction of sp³-hybridized carbons (Fsp3) is 0.333. The number of ketones is 1. The summed E-state index contributed by atoms with van der Waals surface area (Å²) in [4.78, 5) is 32.7. The number of benzene rings is 1. The van der Waals surface area contributed by atoms with Crippen LogP contribution >= 0.6 is 15.9 Å². The number of Topliss-reactive ketones (excluding diaryl/α,β-unsaturated/α-hetero) is 1. The molecule has 0 bridgehead atoms. The molecule has 108 valence electrons. The van der Waals surface area contributed by atoms with Crippen molar-refractivity contribution in [3.8, 4) is 5.75 Å². The maximum Gasteiger partial charge on any atom is 0.313 e. The van der Waals surface area contributed by atoms with Crippen LogP contribution in [0.15, 0.2) is 22.7 Å². The van der Waals surface area contributed by atoms with Crippen LogP contribution in [-0.4, -0.2) is 29.9 Å². The van der Waals surface area contributed by atoms with Gasteiger partial charge in [0.2, 0.25) is 0 Å². The van der Waals surface area contributed by atoms with Gasteiger partial charge in [-0.05, 0) is 19.1 Å². The summed E-state index contributed by atoms with van der Waals surface area (Å²) >= 11 is 3.11. The Kier molecular flexibility index (Phi) is 6.10. The number of carbonyl (C=O) groups excluding carboxylic acids is 2. The Balaban J connectivity index is 2.64. The third-order valence-corrected chi connectivity index (χ3v) is 2.65. The number of hydrogen-bond acceptors (Lipinski definition) is 6. The molecule has 0 atom stereocenters. The lowest BCUT2D eigenvalue weighted by Crippen LogP contribution is -2.17. The van der Waals surface area contributed by atoms with E-state index in [-0.39, 0.29) is 18.0 Å². The van der Waals surface area contributed by atoms with Gasteiger partial charge in [-0.25, -0.2) is 0 Å². The number of esters is 1. The number of hydrogen-bond donors (Lipinski definition) is 0. The first-order valence-corrected chi connectivity index (χ1v) is 6.47. The largest absolute Gasteiger partial charge is 0.479 e. The molecule has 0 spiro atoms. The molecule has 0 radical (unpaired) electrons. The van der Waals surface area contributed by atoms with Crippen molar-refractivity contribution in [3.63, 3.8) is 0 Å². The molecule has 0 aliphatic rings. The van der Waals surface area contributed by atoms with Crippen LogP contribution in [0.3, 0.4) is 0 Å². The fourth-order valence-corrected chi connectivity index (χ4v) is 1.69. The lowest BCUT2D eigenvalue weighted by Gasteiger charge is -2.06. The lowest BCUT2D eigenvalue weighted by molar-refractivity contribution is -0.385. The SMILES string of the molecule is CCOC(=O)CC(=O)COc1ccc(Br)cc1[N+](=O)[O-]. The molecule has 0 unspecified atom stereocenters. The van der Waals surface area contributed by atoms with Gasteiger partial charge in [-0.1, -0.05) is 15.9 Å². The number of nitrogens with zero attached hydrogens (tertiary/aromatic N) is 1. The predicted molar refractivity (Wildman–Crippen MR) is 72.5 cm³/mol. The molecule has 1 aromatic rings. The van der Waals surface area contributed by atoms with Gasteiger partial charge < -0.3 is 9.47 Å². The average Bonchev–Trinajstić information content (AvgIpc) is 2.37. The van der Waals surface area contributed by atoms with Crippen molar-refractivity contribution >= 4 is 33.4 Å². The van der Waals surface area contributed by atoms with Crippen LogP contribution in [0.25, 0.3) is 0 Å². The van der Waals surface area contributed by atoms with Gasteiger partial charge in [-0.3, -0.25) is 19.7 Å². The highest BCUT2D eigenvalue weighted by Crippen LogP contribution is 2.29. The third kappa shape index (κ3) is 4.96. The summed E-state index contributed by atoms with van der Waals surface area (Å²) in [5.41, 5.74) is -0.261. The van der Waals surface area contributed by atoms with Crippen LogP contribution in [0, 0.1) is 10.1 Å². The van der Waals surface area contributed by atoms with Crippen molar-refractivity contribution in [1.29, 1.82) is 0 Å². The zero-order chi connectivity index (χ0) is 15.1. The monoisotopic (exact) mass is 345 g/mol. The highest BCUT2D eigenvalue weighted by Gasteiger charge is 2.17. The lowest BCUT2D eigenvalue weighted by atomic mass is 10.3. The number of ether oxygens (including phenoxy) is 2. The molecule has 0 amide bonds. The molecule has 7 nitrogen and oxygen atoms in total. The van der Waals surface area contributed by atoms with Crippen molar-refractivity contribution in [1.82, 2.24) is 0 Å². The highest BCUT2D eigenvalue weighted by molar-refractivity contribution is 9.10. The summed E-state index contributed by atoms with van der Waals surface area (Å²) in [6, 6.07) is 4.20. The molecule has 1 rings (SSSR count). The van der Waals surface area contributed by atoms with Crippen molar-refractivity contribution in [2.45, 2.75) is 13.3 Å². The van der Waals surface area contributed by atoms with Gasteiger partial charge in [-0.2, -0.15) is 0 Å². The van der Waals surface area contributed by atoms with E-state index >= 15 is 0 Å². The molecule has 8 heteroatoms. The van der Waals surface area contributed by atoms with E-state index in [4.69, 9.17) is 4.74 Å². The first kappa shape index (κ1) is 16.1. The van der Waals surface area contributed by atoms with Gasteiger partial charge in [0.15, 0.2) is 11.5 Å². The van der Waals surface area contributed by atoms with Crippen LogP contribution in [0.2, 0.25) is 0 Å². The minimum absolute atomic E-state index is 0.0320. The van der Waals surface area contributed by atoms with E-state index in [0.29, 0.717) is 4.47 Å². The van der Waals surface area contributed by atoms with Gasteiger partial charge >= 0.3 is 11.7 Å². The molecule has 0 aliphatic carbocycles. The Morgan fingerprint density at radius 3 is 2.70 bits per heavy atom. The summed E-state index contributed by atoms with van der Waals surface area (Å²) in [7, 11) is 0. The second-order valence-electron chi connectivity index (χ2n) is 3.68. The summed E-state index contributed by atoms with van der Waals surface area (Å²) in [5.74, 6) is -1.19.